The second-order valence-electron chi connectivity index (χ2n) is 7.84. The molecule has 0 bridgehead atoms. The normalized spacial score (nSPS) is 20.5. The SMILES string of the molecule is CC[C@@H](CC(=O)c1ccc(OC)nc1)C1CCC(c2cccc(=O)n2C)CC1. The van der Waals surface area contributed by atoms with Gasteiger partial charge in [0.2, 0.25) is 11.4 Å². The first-order valence-corrected chi connectivity index (χ1v) is 10.2. The number of pyridine rings is 2. The summed E-state index contributed by atoms with van der Waals surface area (Å²) in [5.41, 5.74) is 1.86. The van der Waals surface area contributed by atoms with Crippen molar-refractivity contribution in [3.63, 3.8) is 0 Å². The largest absolute Gasteiger partial charge is 0.481 e. The molecule has 0 spiro atoms. The van der Waals surface area contributed by atoms with Gasteiger partial charge in [0.1, 0.15) is 0 Å². The van der Waals surface area contributed by atoms with Gasteiger partial charge in [-0.15, -0.1) is 0 Å². The molecule has 2 aromatic rings. The van der Waals surface area contributed by atoms with Crippen molar-refractivity contribution < 1.29 is 9.53 Å². The summed E-state index contributed by atoms with van der Waals surface area (Å²) < 4.78 is 6.85. The quantitative estimate of drug-likeness (QED) is 0.668. The van der Waals surface area contributed by atoms with Crippen LogP contribution in [0, 0.1) is 11.8 Å². The van der Waals surface area contributed by atoms with Crippen molar-refractivity contribution in [2.75, 3.05) is 7.11 Å². The van der Waals surface area contributed by atoms with Crippen LogP contribution in [-0.2, 0) is 7.05 Å². The number of methoxy groups -OCH3 is 1. The summed E-state index contributed by atoms with van der Waals surface area (Å²) in [7, 11) is 3.43. The van der Waals surface area contributed by atoms with E-state index in [0.29, 0.717) is 35.6 Å². The number of nitrogens with zero attached hydrogens (tertiary/aromatic N) is 2. The van der Waals surface area contributed by atoms with Crippen LogP contribution in [0.5, 0.6) is 5.88 Å². The third-order valence-corrected chi connectivity index (χ3v) is 6.32. The van der Waals surface area contributed by atoms with Crippen LogP contribution in [-0.4, -0.2) is 22.4 Å². The van der Waals surface area contributed by atoms with E-state index in [2.05, 4.69) is 18.0 Å². The summed E-state index contributed by atoms with van der Waals surface area (Å²) in [6.07, 6.45) is 7.58. The molecule has 0 radical (unpaired) electrons. The Kier molecular flexibility index (Phi) is 6.65. The van der Waals surface area contributed by atoms with Crippen LogP contribution < -0.4 is 10.3 Å². The molecule has 1 saturated carbocycles. The average molecular weight is 383 g/mol. The molecular formula is C23H30N2O3. The molecule has 1 aliphatic carbocycles. The van der Waals surface area contributed by atoms with Crippen molar-refractivity contribution in [2.45, 2.75) is 51.4 Å². The van der Waals surface area contributed by atoms with Gasteiger partial charge >= 0.3 is 0 Å². The summed E-state index contributed by atoms with van der Waals surface area (Å²) in [6.45, 7) is 2.18. The van der Waals surface area contributed by atoms with Gasteiger partial charge < -0.3 is 9.30 Å². The first-order chi connectivity index (χ1) is 13.5. The summed E-state index contributed by atoms with van der Waals surface area (Å²) in [6, 6.07) is 9.09. The molecule has 2 aromatic heterocycles. The number of ether oxygens (including phenoxy) is 1. The van der Waals surface area contributed by atoms with Crippen molar-refractivity contribution >= 4 is 5.78 Å². The van der Waals surface area contributed by atoms with Gasteiger partial charge in [-0.1, -0.05) is 19.4 Å². The molecular weight excluding hydrogens is 352 g/mol. The highest BCUT2D eigenvalue weighted by Crippen LogP contribution is 2.40. The highest BCUT2D eigenvalue weighted by molar-refractivity contribution is 5.95. The Hall–Kier alpha value is -2.43. The van der Waals surface area contributed by atoms with Crippen LogP contribution >= 0.6 is 0 Å². The van der Waals surface area contributed by atoms with Gasteiger partial charge in [0, 0.05) is 43.1 Å². The lowest BCUT2D eigenvalue weighted by molar-refractivity contribution is 0.0925. The fourth-order valence-corrected chi connectivity index (χ4v) is 4.54. The molecule has 0 amide bonds. The van der Waals surface area contributed by atoms with Crippen LogP contribution in [0.1, 0.15) is 67.4 Å². The Bertz CT molecular complexity index is 849. The Labute approximate surface area is 166 Å². The van der Waals surface area contributed by atoms with Gasteiger partial charge in [0.25, 0.3) is 0 Å². The maximum atomic E-state index is 12.7. The fraction of sp³-hybridized carbons (Fsp3) is 0.522. The molecule has 0 N–H and O–H groups in total. The number of hydrogen-bond acceptors (Lipinski definition) is 4. The van der Waals surface area contributed by atoms with Crippen molar-refractivity contribution in [3.05, 3.63) is 58.1 Å². The molecule has 150 valence electrons. The zero-order valence-electron chi connectivity index (χ0n) is 17.1. The van der Waals surface area contributed by atoms with E-state index in [4.69, 9.17) is 4.74 Å². The van der Waals surface area contributed by atoms with Crippen molar-refractivity contribution in [2.24, 2.45) is 18.9 Å². The molecule has 2 heterocycles. The Morgan fingerprint density at radius 1 is 1.21 bits per heavy atom. The minimum Gasteiger partial charge on any atom is -0.481 e. The lowest BCUT2D eigenvalue weighted by atomic mass is 9.72. The minimum absolute atomic E-state index is 0.0600. The first kappa shape index (κ1) is 20.3. The topological polar surface area (TPSA) is 61.2 Å². The van der Waals surface area contributed by atoms with Crippen molar-refractivity contribution in [1.29, 1.82) is 0 Å². The van der Waals surface area contributed by atoms with Crippen molar-refractivity contribution in [1.82, 2.24) is 9.55 Å². The molecule has 0 aliphatic heterocycles. The van der Waals surface area contributed by atoms with Crippen LogP contribution in [0.2, 0.25) is 0 Å². The summed E-state index contributed by atoms with van der Waals surface area (Å²) in [5, 5.41) is 0. The molecule has 1 atom stereocenters. The molecule has 1 aliphatic rings. The molecule has 5 heteroatoms. The zero-order chi connectivity index (χ0) is 20.1. The molecule has 28 heavy (non-hydrogen) atoms. The van der Waals surface area contributed by atoms with Gasteiger partial charge in [0.05, 0.1) is 7.11 Å². The number of Topliss-reactive ketones (excluding diaryl/α,β-unsaturated/α-hetero) is 1. The third kappa shape index (κ3) is 4.51. The standard InChI is InChI=1S/C23H30N2O3/c1-4-16(14-21(26)19-12-13-22(28-3)24-15-19)17-8-10-18(11-9-17)20-6-5-7-23(27)25(20)2/h5-7,12-13,15-18H,4,8-11,14H2,1-3H3/t16-,17?,18?/m0/s1. The van der Waals surface area contributed by atoms with Crippen LogP contribution in [0.25, 0.3) is 0 Å². The number of aromatic nitrogens is 2. The summed E-state index contributed by atoms with van der Waals surface area (Å²) in [5.74, 6) is 2.09. The number of carbonyl (C=O) groups excluding carboxylic acids is 1. The van der Waals surface area contributed by atoms with E-state index in [9.17, 15) is 9.59 Å². The molecule has 0 saturated heterocycles. The Morgan fingerprint density at radius 2 is 1.96 bits per heavy atom. The lowest BCUT2D eigenvalue weighted by Crippen LogP contribution is -2.26. The van der Waals surface area contributed by atoms with E-state index < -0.39 is 0 Å². The Morgan fingerprint density at radius 3 is 2.57 bits per heavy atom. The highest BCUT2D eigenvalue weighted by atomic mass is 16.5. The Balaban J connectivity index is 1.60. The van der Waals surface area contributed by atoms with E-state index in [0.717, 1.165) is 37.8 Å². The van der Waals surface area contributed by atoms with Crippen molar-refractivity contribution in [3.8, 4) is 5.88 Å². The fourth-order valence-electron chi connectivity index (χ4n) is 4.54. The second kappa shape index (κ2) is 9.18. The smallest absolute Gasteiger partial charge is 0.250 e. The van der Waals surface area contributed by atoms with E-state index in [-0.39, 0.29) is 11.3 Å². The van der Waals surface area contributed by atoms with Gasteiger partial charge in [-0.2, -0.15) is 0 Å². The monoisotopic (exact) mass is 382 g/mol. The third-order valence-electron chi connectivity index (χ3n) is 6.32. The van der Waals surface area contributed by atoms with Crippen LogP contribution in [0.15, 0.2) is 41.3 Å². The van der Waals surface area contributed by atoms with Gasteiger partial charge in [-0.05, 0) is 55.6 Å². The summed E-state index contributed by atoms with van der Waals surface area (Å²) >= 11 is 0. The number of hydrogen-bond donors (Lipinski definition) is 0. The average Bonchev–Trinajstić information content (AvgIpc) is 2.74. The van der Waals surface area contributed by atoms with E-state index >= 15 is 0 Å². The summed E-state index contributed by atoms with van der Waals surface area (Å²) in [4.78, 5) is 28.8. The zero-order valence-corrected chi connectivity index (χ0v) is 17.1. The molecule has 1 fully saturated rings. The van der Waals surface area contributed by atoms with E-state index in [1.54, 1.807) is 36.1 Å². The van der Waals surface area contributed by atoms with Gasteiger partial charge in [-0.3, -0.25) is 9.59 Å². The van der Waals surface area contributed by atoms with Gasteiger partial charge in [0.15, 0.2) is 5.78 Å². The molecule has 0 aromatic carbocycles. The predicted molar refractivity (Wildman–Crippen MR) is 110 cm³/mol. The minimum atomic E-state index is 0.0600. The number of carbonyl (C=O) groups is 1. The van der Waals surface area contributed by atoms with Crippen LogP contribution in [0.4, 0.5) is 0 Å². The number of rotatable bonds is 7. The maximum Gasteiger partial charge on any atom is 0.250 e. The second-order valence-corrected chi connectivity index (χ2v) is 7.84. The van der Waals surface area contributed by atoms with Crippen LogP contribution in [0.3, 0.4) is 0 Å². The van der Waals surface area contributed by atoms with E-state index in [1.807, 2.05) is 13.1 Å². The lowest BCUT2D eigenvalue weighted by Gasteiger charge is -2.34. The first-order valence-electron chi connectivity index (χ1n) is 10.2. The molecule has 0 unspecified atom stereocenters. The predicted octanol–water partition coefficient (Wildman–Crippen LogP) is 4.36. The van der Waals surface area contributed by atoms with E-state index in [1.165, 1.54) is 0 Å². The molecule has 3 rings (SSSR count). The highest BCUT2D eigenvalue weighted by Gasteiger charge is 2.29. The van der Waals surface area contributed by atoms with Gasteiger partial charge in [-0.25, -0.2) is 4.98 Å². The maximum absolute atomic E-state index is 12.7. The number of ketones is 1. The molecule has 5 nitrogen and oxygen atoms in total.